The second-order valence-corrected chi connectivity index (χ2v) is 7.21. The summed E-state index contributed by atoms with van der Waals surface area (Å²) in [6, 6.07) is 6.58. The summed E-state index contributed by atoms with van der Waals surface area (Å²) in [5.41, 5.74) is 1.08. The summed E-state index contributed by atoms with van der Waals surface area (Å²) in [5, 5.41) is 8.33. The molecule has 1 saturated heterocycles. The molecule has 2 aromatic rings. The van der Waals surface area contributed by atoms with Crippen LogP contribution in [0.15, 0.2) is 36.7 Å². The van der Waals surface area contributed by atoms with Crippen molar-refractivity contribution >= 4 is 29.3 Å². The Kier molecular flexibility index (Phi) is 7.99. The first kappa shape index (κ1) is 22.3. The van der Waals surface area contributed by atoms with Gasteiger partial charge in [0.05, 0.1) is 12.8 Å². The molecule has 0 atom stereocenters. The summed E-state index contributed by atoms with van der Waals surface area (Å²) in [5.74, 6) is 1.11. The van der Waals surface area contributed by atoms with Crippen molar-refractivity contribution in [1.29, 1.82) is 0 Å². The van der Waals surface area contributed by atoms with Crippen LogP contribution in [-0.4, -0.2) is 73.2 Å². The monoisotopic (exact) mass is 427 g/mol. The van der Waals surface area contributed by atoms with Gasteiger partial charge in [-0.2, -0.15) is 0 Å². The smallest absolute Gasteiger partial charge is 0.319 e. The lowest BCUT2D eigenvalue weighted by Gasteiger charge is -2.34. The van der Waals surface area contributed by atoms with E-state index in [0.717, 1.165) is 45.1 Å². The number of ether oxygens (including phenoxy) is 1. The second-order valence-electron chi connectivity index (χ2n) is 7.21. The van der Waals surface area contributed by atoms with Gasteiger partial charge in [-0.3, -0.25) is 9.69 Å². The fourth-order valence-corrected chi connectivity index (χ4v) is 3.38. The number of carbonyl (C=O) groups is 2. The van der Waals surface area contributed by atoms with E-state index < -0.39 is 0 Å². The lowest BCUT2D eigenvalue weighted by molar-refractivity contribution is -0.114. The van der Waals surface area contributed by atoms with Crippen molar-refractivity contribution in [2.75, 3.05) is 61.9 Å². The van der Waals surface area contributed by atoms with Crippen molar-refractivity contribution in [2.45, 2.75) is 13.3 Å². The van der Waals surface area contributed by atoms with Gasteiger partial charge in [0.1, 0.15) is 5.75 Å². The Morgan fingerprint density at radius 1 is 1.10 bits per heavy atom. The molecule has 0 radical (unpaired) electrons. The number of carbonyl (C=O) groups excluding carboxylic acids is 2. The largest absolute Gasteiger partial charge is 0.495 e. The van der Waals surface area contributed by atoms with E-state index in [4.69, 9.17) is 4.74 Å². The van der Waals surface area contributed by atoms with E-state index in [-0.39, 0.29) is 11.9 Å². The lowest BCUT2D eigenvalue weighted by atomic mass is 10.2. The van der Waals surface area contributed by atoms with Gasteiger partial charge in [-0.25, -0.2) is 14.8 Å². The van der Waals surface area contributed by atoms with Crippen molar-refractivity contribution in [3.8, 4) is 5.75 Å². The summed E-state index contributed by atoms with van der Waals surface area (Å²) in [7, 11) is 1.53. The molecule has 1 aliphatic heterocycles. The van der Waals surface area contributed by atoms with Crippen LogP contribution in [0.5, 0.6) is 5.75 Å². The lowest BCUT2D eigenvalue weighted by Crippen LogP contribution is -2.47. The van der Waals surface area contributed by atoms with Gasteiger partial charge >= 0.3 is 6.03 Å². The number of rotatable bonds is 8. The Balaban J connectivity index is 1.38. The molecule has 0 saturated carbocycles. The molecule has 0 unspecified atom stereocenters. The number of piperazine rings is 1. The predicted molar refractivity (Wildman–Crippen MR) is 120 cm³/mol. The van der Waals surface area contributed by atoms with E-state index in [9.17, 15) is 9.59 Å². The molecule has 1 aromatic heterocycles. The van der Waals surface area contributed by atoms with E-state index in [1.807, 2.05) is 6.07 Å². The highest BCUT2D eigenvalue weighted by molar-refractivity contribution is 5.94. The number of methoxy groups -OCH3 is 1. The van der Waals surface area contributed by atoms with E-state index in [2.05, 4.69) is 35.7 Å². The number of nitrogens with zero attached hydrogens (tertiary/aromatic N) is 4. The van der Waals surface area contributed by atoms with Gasteiger partial charge in [-0.15, -0.1) is 0 Å². The molecular weight excluding hydrogens is 398 g/mol. The third kappa shape index (κ3) is 6.82. The van der Waals surface area contributed by atoms with Crippen LogP contribution < -0.4 is 25.6 Å². The maximum Gasteiger partial charge on any atom is 0.319 e. The maximum atomic E-state index is 12.3. The Morgan fingerprint density at radius 2 is 1.84 bits per heavy atom. The van der Waals surface area contributed by atoms with Crippen LogP contribution in [-0.2, 0) is 4.79 Å². The molecule has 31 heavy (non-hydrogen) atoms. The molecule has 3 amide bonds. The fraction of sp³-hybridized carbons (Fsp3) is 0.429. The minimum atomic E-state index is -0.315. The standard InChI is InChI=1S/C21H29N7O3/c1-16(29)25-17-5-6-19(31-2)18(15-17)26-21(30)24-9-4-10-27-11-13-28(14-12-27)20-22-7-3-8-23-20/h3,5-8,15H,4,9-14H2,1-2H3,(H,25,29)(H2,24,26,30). The molecule has 0 spiro atoms. The summed E-state index contributed by atoms with van der Waals surface area (Å²) < 4.78 is 5.28. The summed E-state index contributed by atoms with van der Waals surface area (Å²) in [6.07, 6.45) is 4.37. The zero-order valence-corrected chi connectivity index (χ0v) is 17.9. The number of urea groups is 1. The topological polar surface area (TPSA) is 112 Å². The zero-order chi connectivity index (χ0) is 22.1. The number of anilines is 3. The first-order valence-electron chi connectivity index (χ1n) is 10.3. The van der Waals surface area contributed by atoms with Crippen LogP contribution in [0.3, 0.4) is 0 Å². The third-order valence-electron chi connectivity index (χ3n) is 4.91. The highest BCUT2D eigenvalue weighted by Gasteiger charge is 2.18. The minimum absolute atomic E-state index is 0.183. The molecule has 10 heteroatoms. The summed E-state index contributed by atoms with van der Waals surface area (Å²) in [6.45, 7) is 6.56. The Hall–Kier alpha value is -3.40. The molecule has 0 aliphatic carbocycles. The number of amides is 3. The molecular formula is C21H29N7O3. The Bertz CT molecular complexity index is 871. The van der Waals surface area contributed by atoms with Crippen molar-refractivity contribution < 1.29 is 14.3 Å². The van der Waals surface area contributed by atoms with Crippen molar-refractivity contribution in [1.82, 2.24) is 20.2 Å². The van der Waals surface area contributed by atoms with Crippen molar-refractivity contribution in [3.63, 3.8) is 0 Å². The molecule has 166 valence electrons. The van der Waals surface area contributed by atoms with Crippen LogP contribution >= 0.6 is 0 Å². The van der Waals surface area contributed by atoms with E-state index >= 15 is 0 Å². The highest BCUT2D eigenvalue weighted by Crippen LogP contribution is 2.27. The molecule has 2 heterocycles. The molecule has 1 aliphatic rings. The van der Waals surface area contributed by atoms with E-state index in [1.54, 1.807) is 30.6 Å². The van der Waals surface area contributed by atoms with E-state index in [0.29, 0.717) is 23.7 Å². The fourth-order valence-electron chi connectivity index (χ4n) is 3.38. The molecule has 3 N–H and O–H groups in total. The predicted octanol–water partition coefficient (Wildman–Crippen LogP) is 1.78. The highest BCUT2D eigenvalue weighted by atomic mass is 16.5. The number of nitrogens with one attached hydrogen (secondary N) is 3. The van der Waals surface area contributed by atoms with Gasteiger partial charge in [-0.05, 0) is 37.2 Å². The number of hydrogen-bond acceptors (Lipinski definition) is 7. The number of benzene rings is 1. The maximum absolute atomic E-state index is 12.3. The van der Waals surface area contributed by atoms with Crippen molar-refractivity contribution in [2.24, 2.45) is 0 Å². The molecule has 1 aromatic carbocycles. The normalized spacial score (nSPS) is 14.1. The van der Waals surface area contributed by atoms with Crippen LogP contribution in [0, 0.1) is 0 Å². The quantitative estimate of drug-likeness (QED) is 0.551. The SMILES string of the molecule is COc1ccc(NC(C)=O)cc1NC(=O)NCCCN1CCN(c2ncccn2)CC1. The average molecular weight is 428 g/mol. The van der Waals surface area contributed by atoms with Gasteiger partial charge in [0.2, 0.25) is 11.9 Å². The molecule has 10 nitrogen and oxygen atoms in total. The van der Waals surface area contributed by atoms with Crippen LogP contribution in [0.25, 0.3) is 0 Å². The molecule has 1 fully saturated rings. The third-order valence-corrected chi connectivity index (χ3v) is 4.91. The summed E-state index contributed by atoms with van der Waals surface area (Å²) >= 11 is 0. The second kappa shape index (κ2) is 11.1. The summed E-state index contributed by atoms with van der Waals surface area (Å²) in [4.78, 5) is 36.7. The number of aromatic nitrogens is 2. The van der Waals surface area contributed by atoms with Crippen LogP contribution in [0.4, 0.5) is 22.1 Å². The Morgan fingerprint density at radius 3 is 2.52 bits per heavy atom. The Labute approximate surface area is 182 Å². The average Bonchev–Trinajstić information content (AvgIpc) is 2.77. The first-order valence-corrected chi connectivity index (χ1v) is 10.3. The van der Waals surface area contributed by atoms with Gasteiger partial charge < -0.3 is 25.6 Å². The zero-order valence-electron chi connectivity index (χ0n) is 17.9. The van der Waals surface area contributed by atoms with Gasteiger partial charge in [0.25, 0.3) is 0 Å². The van der Waals surface area contributed by atoms with Crippen LogP contribution in [0.2, 0.25) is 0 Å². The van der Waals surface area contributed by atoms with Gasteiger partial charge in [0, 0.05) is 57.7 Å². The van der Waals surface area contributed by atoms with E-state index in [1.165, 1.54) is 14.0 Å². The minimum Gasteiger partial charge on any atom is -0.495 e. The van der Waals surface area contributed by atoms with Crippen LogP contribution in [0.1, 0.15) is 13.3 Å². The molecule has 3 rings (SSSR count). The van der Waals surface area contributed by atoms with Crippen molar-refractivity contribution in [3.05, 3.63) is 36.7 Å². The van der Waals surface area contributed by atoms with Gasteiger partial charge in [0.15, 0.2) is 0 Å². The number of hydrogen-bond donors (Lipinski definition) is 3. The molecule has 0 bridgehead atoms. The van der Waals surface area contributed by atoms with Gasteiger partial charge in [-0.1, -0.05) is 0 Å². The first-order chi connectivity index (χ1) is 15.0.